The maximum absolute atomic E-state index is 8.50. The molecule has 1 aromatic carbocycles. The van der Waals surface area contributed by atoms with E-state index in [4.69, 9.17) is 29.1 Å². The number of rotatable bonds is 3. The van der Waals surface area contributed by atoms with Crippen molar-refractivity contribution in [1.29, 1.82) is 0 Å². The Bertz CT molecular complexity index is 956. The summed E-state index contributed by atoms with van der Waals surface area (Å²) in [4.78, 5) is -0.0708. The first-order valence-electron chi connectivity index (χ1n) is 13.1. The molecule has 0 unspecified atom stereocenters. The van der Waals surface area contributed by atoms with Gasteiger partial charge in [-0.15, -0.1) is 0 Å². The lowest BCUT2D eigenvalue weighted by Gasteiger charge is -2.34. The molecule has 24 heavy (non-hydrogen) atoms. The molecule has 6 heteroatoms. The van der Waals surface area contributed by atoms with Gasteiger partial charge in [0.15, 0.2) is 0 Å². The third kappa shape index (κ3) is 3.15. The van der Waals surface area contributed by atoms with E-state index in [2.05, 4.69) is 0 Å². The van der Waals surface area contributed by atoms with Gasteiger partial charge in [-0.25, -0.2) is 0 Å². The first-order chi connectivity index (χ1) is 15.5. The largest absolute Gasteiger partial charge is 0.498 e. The second kappa shape index (κ2) is 6.25. The lowest BCUT2D eigenvalue weighted by Crippen LogP contribution is -2.45. The lowest BCUT2D eigenvalue weighted by molar-refractivity contribution is 0.00578. The monoisotopic (exact) mass is 343 g/mol. The van der Waals surface area contributed by atoms with Crippen molar-refractivity contribution in [3.63, 3.8) is 0 Å². The average molecular weight is 343 g/mol. The highest BCUT2D eigenvalue weighted by Crippen LogP contribution is 2.37. The summed E-state index contributed by atoms with van der Waals surface area (Å²) in [7, 11) is 0.373. The first-order valence-corrected chi connectivity index (χ1v) is 7.61. The van der Waals surface area contributed by atoms with Crippen LogP contribution in [0.1, 0.15) is 42.8 Å². The third-order valence-corrected chi connectivity index (χ3v) is 4.53. The van der Waals surface area contributed by atoms with Gasteiger partial charge in [-0.3, -0.25) is 0 Å². The molecule has 2 aliphatic rings. The van der Waals surface area contributed by atoms with Crippen molar-refractivity contribution in [3.8, 4) is 5.75 Å². The number of likely N-dealkylation sites (N-methyl/N-ethyl adjacent to an activating group) is 1. The first kappa shape index (κ1) is 8.43. The molecule has 1 aromatic rings. The van der Waals surface area contributed by atoms with Crippen molar-refractivity contribution >= 4 is 18.3 Å². The van der Waals surface area contributed by atoms with Crippen molar-refractivity contribution in [2.45, 2.75) is 38.9 Å². The molecule has 0 spiro atoms. The van der Waals surface area contributed by atoms with Crippen molar-refractivity contribution < 1.29 is 29.1 Å². The number of hydrogen-bond donors (Lipinski definition) is 0. The van der Waals surface area contributed by atoms with Crippen LogP contribution in [0, 0.1) is 0 Å². The summed E-state index contributed by atoms with van der Waals surface area (Å²) >= 11 is 0. The van der Waals surface area contributed by atoms with E-state index in [9.17, 15) is 0 Å². The molecule has 0 amide bonds. The second-order valence-corrected chi connectivity index (χ2v) is 6.63. The highest BCUT2D eigenvalue weighted by Gasteiger charge is 2.52. The Morgan fingerprint density at radius 3 is 2.29 bits per heavy atom. The van der Waals surface area contributed by atoms with E-state index in [0.717, 1.165) is 0 Å². The second-order valence-electron chi connectivity index (χ2n) is 6.63. The summed E-state index contributed by atoms with van der Waals surface area (Å²) in [5.74, 6) is 0.264. The van der Waals surface area contributed by atoms with E-state index in [1.807, 2.05) is 27.7 Å². The molecule has 2 aliphatic heterocycles. The average Bonchev–Trinajstić information content (AvgIpc) is 2.85. The summed E-state index contributed by atoms with van der Waals surface area (Å²) in [5.41, 5.74) is -1.51. The predicted octanol–water partition coefficient (Wildman–Crippen LogP) is 1.75. The maximum atomic E-state index is 8.50. The molecule has 0 aromatic heterocycles. The number of anilines is 1. The SMILES string of the molecule is [2H]C([2H])([2H])N1C([2H])([2H])C([2H])([2H])N(c2ccc(OC)c(B3OC(C)(C)C(C)(C)O3)c2)C([2H])([2H])C1([2H])[2H]. The van der Waals surface area contributed by atoms with Gasteiger partial charge in [-0.2, -0.15) is 0 Å². The van der Waals surface area contributed by atoms with Crippen LogP contribution in [0.2, 0.25) is 0 Å². The minimum absolute atomic E-state index is 0.245. The molecular weight excluding hydrogens is 303 g/mol. The summed E-state index contributed by atoms with van der Waals surface area (Å²) in [6.07, 6.45) is 0. The highest BCUT2D eigenvalue weighted by atomic mass is 16.7. The van der Waals surface area contributed by atoms with E-state index < -0.39 is 51.3 Å². The number of methoxy groups -OCH3 is 1. The number of benzene rings is 1. The molecule has 2 fully saturated rings. The van der Waals surface area contributed by atoms with Crippen LogP contribution in [0.5, 0.6) is 5.75 Å². The van der Waals surface area contributed by atoms with Gasteiger partial charge in [0.25, 0.3) is 0 Å². The molecule has 0 aliphatic carbocycles. The molecule has 5 nitrogen and oxygen atoms in total. The molecule has 132 valence electrons. The van der Waals surface area contributed by atoms with E-state index in [1.165, 1.54) is 25.3 Å². The lowest BCUT2D eigenvalue weighted by atomic mass is 9.78. The summed E-state index contributed by atoms with van der Waals surface area (Å²) in [5, 5.41) is 0. The van der Waals surface area contributed by atoms with Crippen molar-refractivity contribution in [2.24, 2.45) is 0 Å². The van der Waals surface area contributed by atoms with Gasteiger partial charge in [0.1, 0.15) is 5.75 Å². The van der Waals surface area contributed by atoms with Gasteiger partial charge in [0, 0.05) is 46.7 Å². The van der Waals surface area contributed by atoms with Crippen molar-refractivity contribution in [2.75, 3.05) is 45.0 Å². The molecule has 0 radical (unpaired) electrons. The number of nitrogens with zero attached hydrogens (tertiary/aromatic N) is 2. The Morgan fingerprint density at radius 1 is 1.12 bits per heavy atom. The Hall–Kier alpha value is -1.24. The van der Waals surface area contributed by atoms with Crippen molar-refractivity contribution in [3.05, 3.63) is 18.2 Å². The van der Waals surface area contributed by atoms with Gasteiger partial charge in [-0.1, -0.05) is 0 Å². The van der Waals surface area contributed by atoms with Crippen LogP contribution < -0.4 is 15.1 Å². The van der Waals surface area contributed by atoms with Crippen LogP contribution in [0.25, 0.3) is 0 Å². The van der Waals surface area contributed by atoms with Crippen molar-refractivity contribution in [1.82, 2.24) is 4.90 Å². The highest BCUT2D eigenvalue weighted by molar-refractivity contribution is 6.63. The van der Waals surface area contributed by atoms with Gasteiger partial charge in [0.05, 0.1) is 23.8 Å². The molecular formula is C18H29BN2O3. The van der Waals surface area contributed by atoms with Gasteiger partial charge in [0.2, 0.25) is 0 Å². The van der Waals surface area contributed by atoms with Gasteiger partial charge >= 0.3 is 7.12 Å². The van der Waals surface area contributed by atoms with Crippen LogP contribution in [0.3, 0.4) is 0 Å². The Morgan fingerprint density at radius 2 is 1.75 bits per heavy atom. The van der Waals surface area contributed by atoms with E-state index in [0.29, 0.717) is 0 Å². The van der Waals surface area contributed by atoms with Crippen LogP contribution >= 0.6 is 0 Å². The summed E-state index contributed by atoms with van der Waals surface area (Å²) in [6, 6.07) is 3.89. The zero-order valence-corrected chi connectivity index (χ0v) is 14.4. The standard InChI is InChI=1S/C18H29BN2O3/c1-17(2)18(3,4)24-19(23-17)15-13-14(7-8-16(15)22-6)21-11-9-20(5)10-12-21/h7-8,13H,9-12H2,1-6H3/i5D3,9D2,10D2,11D2,12D2. The van der Waals surface area contributed by atoms with E-state index >= 15 is 0 Å². The molecule has 2 heterocycles. The van der Waals surface area contributed by atoms with Gasteiger partial charge in [-0.05, 0) is 52.9 Å². The molecule has 0 N–H and O–H groups in total. The topological polar surface area (TPSA) is 34.2 Å². The zero-order valence-electron chi connectivity index (χ0n) is 25.4. The molecule has 0 saturated carbocycles. The zero-order chi connectivity index (χ0) is 27.2. The minimum atomic E-state index is -3.48. The molecule has 0 bridgehead atoms. The van der Waals surface area contributed by atoms with E-state index in [-0.39, 0.29) is 26.7 Å². The quantitative estimate of drug-likeness (QED) is 0.781. The maximum Gasteiger partial charge on any atom is 0.498 e. The minimum Gasteiger partial charge on any atom is -0.497 e. The fraction of sp³-hybridized carbons (Fsp3) is 0.667. The van der Waals surface area contributed by atoms with Crippen LogP contribution in [0.4, 0.5) is 5.69 Å². The number of hydrogen-bond acceptors (Lipinski definition) is 5. The molecule has 2 saturated heterocycles. The Balaban J connectivity index is 2.22. The number of ether oxygens (including phenoxy) is 1. The number of piperazine rings is 1. The van der Waals surface area contributed by atoms with Gasteiger partial charge < -0.3 is 23.8 Å². The smallest absolute Gasteiger partial charge is 0.497 e. The molecule has 3 rings (SSSR count). The molecule has 0 atom stereocenters. The predicted molar refractivity (Wildman–Crippen MR) is 98.4 cm³/mol. The summed E-state index contributed by atoms with van der Waals surface area (Å²) < 4.78 is 107. The third-order valence-electron chi connectivity index (χ3n) is 4.53. The Kier molecular flexibility index (Phi) is 2.19. The Labute approximate surface area is 161 Å². The van der Waals surface area contributed by atoms with Crippen LogP contribution in [-0.4, -0.2) is 63.3 Å². The summed E-state index contributed by atoms with van der Waals surface area (Å²) in [6.45, 7) is -9.83. The fourth-order valence-electron chi connectivity index (χ4n) is 2.40. The van der Waals surface area contributed by atoms with Crippen LogP contribution in [-0.2, 0) is 9.31 Å². The van der Waals surface area contributed by atoms with E-state index in [1.54, 1.807) is 0 Å². The fourth-order valence-corrected chi connectivity index (χ4v) is 2.40. The normalized spacial score (nSPS) is 39.3. The van der Waals surface area contributed by atoms with Crippen LogP contribution in [0.15, 0.2) is 18.2 Å².